The molecule has 13 heavy (non-hydrogen) atoms. The van der Waals surface area contributed by atoms with Crippen LogP contribution in [0.25, 0.3) is 0 Å². The smallest absolute Gasteiger partial charge is 0.0941 e. The normalized spacial score (nSPS) is 40.4. The van der Waals surface area contributed by atoms with Gasteiger partial charge in [0.1, 0.15) is 0 Å². The van der Waals surface area contributed by atoms with E-state index in [1.807, 2.05) is 0 Å². The van der Waals surface area contributed by atoms with Crippen molar-refractivity contribution in [3.63, 3.8) is 0 Å². The lowest BCUT2D eigenvalue weighted by atomic mass is 9.67. The van der Waals surface area contributed by atoms with Gasteiger partial charge in [-0.15, -0.1) is 0 Å². The molecule has 2 aliphatic rings. The summed E-state index contributed by atoms with van der Waals surface area (Å²) in [5.74, 6) is 2.10. The number of rotatable bonds is 1. The third-order valence-corrected chi connectivity index (χ3v) is 4.16. The summed E-state index contributed by atoms with van der Waals surface area (Å²) in [4.78, 5) is 0. The van der Waals surface area contributed by atoms with Crippen LogP contribution < -0.4 is 0 Å². The molecule has 0 saturated heterocycles. The molecule has 76 valence electrons. The molecule has 1 heteroatoms. The van der Waals surface area contributed by atoms with Crippen molar-refractivity contribution >= 4 is 0 Å². The molecule has 0 aromatic carbocycles. The third kappa shape index (κ3) is 1.76. The van der Waals surface area contributed by atoms with Crippen LogP contribution in [0.4, 0.5) is 0 Å². The second-order valence-corrected chi connectivity index (χ2v) is 5.99. The molecule has 2 bridgehead atoms. The average Bonchev–Trinajstić information content (AvgIpc) is 2.01. The van der Waals surface area contributed by atoms with E-state index in [-0.39, 0.29) is 0 Å². The Morgan fingerprint density at radius 1 is 0.769 bits per heavy atom. The first kappa shape index (κ1) is 9.51. The monoisotopic (exact) mass is 182 g/mol. The van der Waals surface area contributed by atoms with E-state index in [0.717, 1.165) is 17.9 Å². The standard InChI is InChI=1S/C12H24N/c1-13(2,3)12-10-6-4-7-11(12)9-5-8-10/h10-12H,4-9H2,1-3H3/q+1. The van der Waals surface area contributed by atoms with Crippen molar-refractivity contribution in [2.45, 2.75) is 44.6 Å². The van der Waals surface area contributed by atoms with Crippen LogP contribution in [-0.2, 0) is 0 Å². The molecule has 0 atom stereocenters. The SMILES string of the molecule is C[N+](C)(C)C1C2CCCC1CCC2. The van der Waals surface area contributed by atoms with Gasteiger partial charge in [0.05, 0.1) is 27.2 Å². The zero-order chi connectivity index (χ0) is 9.47. The molecule has 0 aromatic rings. The summed E-state index contributed by atoms with van der Waals surface area (Å²) in [5.41, 5.74) is 0. The van der Waals surface area contributed by atoms with Gasteiger partial charge in [0, 0.05) is 11.8 Å². The van der Waals surface area contributed by atoms with E-state index in [4.69, 9.17) is 0 Å². The Labute approximate surface area is 82.7 Å². The Kier molecular flexibility index (Phi) is 2.39. The number of hydrogen-bond donors (Lipinski definition) is 0. The van der Waals surface area contributed by atoms with Crippen molar-refractivity contribution < 1.29 is 4.48 Å². The van der Waals surface area contributed by atoms with E-state index in [1.165, 1.54) is 43.0 Å². The van der Waals surface area contributed by atoms with E-state index in [1.54, 1.807) is 0 Å². The van der Waals surface area contributed by atoms with Gasteiger partial charge in [0.15, 0.2) is 0 Å². The van der Waals surface area contributed by atoms with Gasteiger partial charge in [0.2, 0.25) is 0 Å². The number of fused-ring (bicyclic) bond motifs is 2. The lowest BCUT2D eigenvalue weighted by molar-refractivity contribution is -0.906. The Balaban J connectivity index is 2.15. The number of hydrogen-bond acceptors (Lipinski definition) is 0. The maximum Gasteiger partial charge on any atom is 0.0941 e. The largest absolute Gasteiger partial charge is 0.328 e. The van der Waals surface area contributed by atoms with Crippen LogP contribution in [0.3, 0.4) is 0 Å². The summed E-state index contributed by atoms with van der Waals surface area (Å²) in [6.07, 6.45) is 9.05. The van der Waals surface area contributed by atoms with E-state index >= 15 is 0 Å². The third-order valence-electron chi connectivity index (χ3n) is 4.16. The molecule has 0 spiro atoms. The molecule has 2 fully saturated rings. The molecule has 2 saturated carbocycles. The molecule has 0 N–H and O–H groups in total. The zero-order valence-electron chi connectivity index (χ0n) is 9.42. The predicted octanol–water partition coefficient (Wildman–Crippen LogP) is 2.66. The second-order valence-electron chi connectivity index (χ2n) is 5.99. The zero-order valence-corrected chi connectivity index (χ0v) is 9.42. The van der Waals surface area contributed by atoms with Gasteiger partial charge in [0.25, 0.3) is 0 Å². The fourth-order valence-corrected chi connectivity index (χ4v) is 3.91. The van der Waals surface area contributed by atoms with Crippen molar-refractivity contribution in [2.75, 3.05) is 21.1 Å². The van der Waals surface area contributed by atoms with Crippen LogP contribution in [-0.4, -0.2) is 31.7 Å². The molecular weight excluding hydrogens is 158 g/mol. The van der Waals surface area contributed by atoms with Gasteiger partial charge < -0.3 is 4.48 Å². The van der Waals surface area contributed by atoms with Gasteiger partial charge >= 0.3 is 0 Å². The summed E-state index contributed by atoms with van der Waals surface area (Å²) in [7, 11) is 7.17. The highest BCUT2D eigenvalue weighted by Crippen LogP contribution is 2.43. The molecule has 2 rings (SSSR count). The molecule has 0 aliphatic heterocycles. The highest BCUT2D eigenvalue weighted by Gasteiger charge is 2.43. The minimum absolute atomic E-state index is 0.975. The first-order valence-corrected chi connectivity index (χ1v) is 5.90. The van der Waals surface area contributed by atoms with Gasteiger partial charge in [-0.2, -0.15) is 0 Å². The van der Waals surface area contributed by atoms with Gasteiger partial charge in [-0.05, 0) is 25.7 Å². The van der Waals surface area contributed by atoms with E-state index < -0.39 is 0 Å². The summed E-state index contributed by atoms with van der Waals surface area (Å²) in [6, 6.07) is 0.975. The Morgan fingerprint density at radius 2 is 1.15 bits per heavy atom. The molecule has 2 aliphatic carbocycles. The van der Waals surface area contributed by atoms with Gasteiger partial charge in [-0.1, -0.05) is 12.8 Å². The van der Waals surface area contributed by atoms with E-state index in [0.29, 0.717) is 0 Å². The molecule has 0 aromatic heterocycles. The summed E-state index contributed by atoms with van der Waals surface area (Å²) in [5, 5.41) is 0. The summed E-state index contributed by atoms with van der Waals surface area (Å²) >= 11 is 0. The maximum atomic E-state index is 2.39. The first-order valence-electron chi connectivity index (χ1n) is 5.90. The van der Waals surface area contributed by atoms with Crippen molar-refractivity contribution in [1.29, 1.82) is 0 Å². The van der Waals surface area contributed by atoms with Crippen LogP contribution >= 0.6 is 0 Å². The van der Waals surface area contributed by atoms with Crippen LogP contribution in [0.5, 0.6) is 0 Å². The van der Waals surface area contributed by atoms with Crippen LogP contribution in [0.1, 0.15) is 38.5 Å². The topological polar surface area (TPSA) is 0 Å². The molecule has 0 unspecified atom stereocenters. The fourth-order valence-electron chi connectivity index (χ4n) is 3.91. The quantitative estimate of drug-likeness (QED) is 0.547. The van der Waals surface area contributed by atoms with Crippen LogP contribution in [0, 0.1) is 11.8 Å². The molecular formula is C12H24N+. The lowest BCUT2D eigenvalue weighted by Crippen LogP contribution is -2.56. The average molecular weight is 182 g/mol. The summed E-state index contributed by atoms with van der Waals surface area (Å²) < 4.78 is 1.20. The predicted molar refractivity (Wildman–Crippen MR) is 56.5 cm³/mol. The Bertz CT molecular complexity index is 158. The Hall–Kier alpha value is -0.0400. The first-order chi connectivity index (χ1) is 6.09. The van der Waals surface area contributed by atoms with Crippen molar-refractivity contribution in [1.82, 2.24) is 0 Å². The second kappa shape index (κ2) is 3.27. The highest BCUT2D eigenvalue weighted by molar-refractivity contribution is 4.87. The highest BCUT2D eigenvalue weighted by atomic mass is 15.3. The van der Waals surface area contributed by atoms with Crippen LogP contribution in [0.2, 0.25) is 0 Å². The van der Waals surface area contributed by atoms with Crippen LogP contribution in [0.15, 0.2) is 0 Å². The van der Waals surface area contributed by atoms with Gasteiger partial charge in [-0.3, -0.25) is 0 Å². The molecule has 0 amide bonds. The minimum Gasteiger partial charge on any atom is -0.328 e. The molecule has 1 nitrogen and oxygen atoms in total. The number of nitrogens with zero attached hydrogens (tertiary/aromatic N) is 1. The van der Waals surface area contributed by atoms with Crippen molar-refractivity contribution in [2.24, 2.45) is 11.8 Å². The lowest BCUT2D eigenvalue weighted by Gasteiger charge is -2.49. The summed E-state index contributed by atoms with van der Waals surface area (Å²) in [6.45, 7) is 0. The van der Waals surface area contributed by atoms with Crippen molar-refractivity contribution in [3.05, 3.63) is 0 Å². The Morgan fingerprint density at radius 3 is 1.38 bits per heavy atom. The fraction of sp³-hybridized carbons (Fsp3) is 1.00. The molecule has 0 heterocycles. The van der Waals surface area contributed by atoms with E-state index in [9.17, 15) is 0 Å². The minimum atomic E-state index is 0.975. The van der Waals surface area contributed by atoms with Crippen molar-refractivity contribution in [3.8, 4) is 0 Å². The van der Waals surface area contributed by atoms with E-state index in [2.05, 4.69) is 21.1 Å². The molecule has 0 radical (unpaired) electrons. The van der Waals surface area contributed by atoms with Gasteiger partial charge in [-0.25, -0.2) is 0 Å². The maximum absolute atomic E-state index is 2.39. The number of quaternary nitrogens is 1.